The van der Waals surface area contributed by atoms with E-state index < -0.39 is 10.0 Å². The third kappa shape index (κ3) is 4.52. The van der Waals surface area contributed by atoms with Crippen molar-refractivity contribution in [2.75, 3.05) is 11.9 Å². The summed E-state index contributed by atoms with van der Waals surface area (Å²) in [5, 5.41) is 3.13. The average Bonchev–Trinajstić information content (AvgIpc) is 3.47. The third-order valence-electron chi connectivity index (χ3n) is 5.14. The molecule has 0 atom stereocenters. The summed E-state index contributed by atoms with van der Waals surface area (Å²) in [5.41, 5.74) is 2.38. The van der Waals surface area contributed by atoms with E-state index in [1.165, 1.54) is 0 Å². The van der Waals surface area contributed by atoms with Gasteiger partial charge in [0.25, 0.3) is 0 Å². The second-order valence-electron chi connectivity index (χ2n) is 7.93. The van der Waals surface area contributed by atoms with Crippen LogP contribution in [-0.4, -0.2) is 34.5 Å². The van der Waals surface area contributed by atoms with Crippen LogP contribution in [0.15, 0.2) is 47.6 Å². The molecular formula is C21H26N6O2S. The van der Waals surface area contributed by atoms with Gasteiger partial charge in [-0.1, -0.05) is 13.8 Å². The first kappa shape index (κ1) is 20.5. The first-order chi connectivity index (χ1) is 14.3. The highest BCUT2D eigenvalue weighted by Gasteiger charge is 2.24. The van der Waals surface area contributed by atoms with Crippen molar-refractivity contribution in [2.45, 2.75) is 37.5 Å². The van der Waals surface area contributed by atoms with E-state index in [1.807, 2.05) is 23.9 Å². The molecule has 158 valence electrons. The van der Waals surface area contributed by atoms with Crippen LogP contribution in [0.5, 0.6) is 0 Å². The van der Waals surface area contributed by atoms with Gasteiger partial charge < -0.3 is 9.88 Å². The maximum absolute atomic E-state index is 12.4. The predicted octanol–water partition coefficient (Wildman–Crippen LogP) is 3.43. The van der Waals surface area contributed by atoms with Crippen molar-refractivity contribution in [3.8, 4) is 11.4 Å². The zero-order valence-corrected chi connectivity index (χ0v) is 18.1. The number of anilines is 2. The maximum Gasteiger partial charge on any atom is 0.240 e. The number of benzene rings is 1. The second kappa shape index (κ2) is 8.16. The van der Waals surface area contributed by atoms with Crippen LogP contribution >= 0.6 is 0 Å². The van der Waals surface area contributed by atoms with Crippen molar-refractivity contribution in [2.24, 2.45) is 13.0 Å². The molecule has 9 heteroatoms. The topological polar surface area (TPSA) is 102 Å². The lowest BCUT2D eigenvalue weighted by Crippen LogP contribution is -2.25. The molecule has 8 nitrogen and oxygen atoms in total. The van der Waals surface area contributed by atoms with Crippen molar-refractivity contribution in [3.05, 3.63) is 48.5 Å². The number of rotatable bonds is 8. The molecule has 0 bridgehead atoms. The summed E-state index contributed by atoms with van der Waals surface area (Å²) in [6, 6.07) is 8.42. The van der Waals surface area contributed by atoms with E-state index in [4.69, 9.17) is 0 Å². The molecule has 30 heavy (non-hydrogen) atoms. The van der Waals surface area contributed by atoms with Gasteiger partial charge in [-0.25, -0.2) is 28.1 Å². The molecule has 2 heterocycles. The zero-order valence-electron chi connectivity index (χ0n) is 17.3. The Labute approximate surface area is 176 Å². The van der Waals surface area contributed by atoms with E-state index >= 15 is 0 Å². The number of nitrogens with one attached hydrogen (secondary N) is 2. The van der Waals surface area contributed by atoms with Gasteiger partial charge in [-0.3, -0.25) is 0 Å². The molecule has 2 N–H and O–H groups in total. The summed E-state index contributed by atoms with van der Waals surface area (Å²) in [7, 11) is -1.50. The lowest BCUT2D eigenvalue weighted by Gasteiger charge is -2.10. The first-order valence-electron chi connectivity index (χ1n) is 10.1. The molecule has 1 aliphatic carbocycles. The van der Waals surface area contributed by atoms with Gasteiger partial charge in [0.1, 0.15) is 5.82 Å². The molecule has 2 aromatic heterocycles. The minimum Gasteiger partial charge on any atom is -0.330 e. The molecule has 0 spiro atoms. The Hall–Kier alpha value is -2.78. The van der Waals surface area contributed by atoms with E-state index in [0.29, 0.717) is 30.0 Å². The molecule has 1 aliphatic rings. The van der Waals surface area contributed by atoms with Gasteiger partial charge in [0, 0.05) is 31.4 Å². The summed E-state index contributed by atoms with van der Waals surface area (Å²) in [5.74, 6) is 2.23. The van der Waals surface area contributed by atoms with Crippen LogP contribution in [0.3, 0.4) is 0 Å². The Kier molecular flexibility index (Phi) is 5.57. The lowest BCUT2D eigenvalue weighted by molar-refractivity contribution is 0.577. The summed E-state index contributed by atoms with van der Waals surface area (Å²) >= 11 is 0. The molecule has 1 fully saturated rings. The van der Waals surface area contributed by atoms with Gasteiger partial charge in [-0.15, -0.1) is 0 Å². The Balaban J connectivity index is 1.49. The molecule has 0 aliphatic heterocycles. The smallest absolute Gasteiger partial charge is 0.240 e. The molecular weight excluding hydrogens is 400 g/mol. The van der Waals surface area contributed by atoms with Crippen molar-refractivity contribution in [3.63, 3.8) is 0 Å². The molecule has 0 amide bonds. The van der Waals surface area contributed by atoms with Crippen LogP contribution in [0, 0.1) is 5.92 Å². The Bertz CT molecular complexity index is 1130. The predicted molar refractivity (Wildman–Crippen MR) is 116 cm³/mol. The SMILES string of the molecule is CC(C)c1ncc(-c2ccnc(Nc3ccc(S(=O)(=O)NCC4CC4)cc3)n2)n1C. The van der Waals surface area contributed by atoms with E-state index in [9.17, 15) is 8.42 Å². The van der Waals surface area contributed by atoms with Crippen molar-refractivity contribution in [1.82, 2.24) is 24.2 Å². The Morgan fingerprint density at radius 3 is 2.50 bits per heavy atom. The normalized spacial score (nSPS) is 14.3. The fourth-order valence-electron chi connectivity index (χ4n) is 3.24. The first-order valence-corrected chi connectivity index (χ1v) is 11.5. The van der Waals surface area contributed by atoms with Gasteiger partial charge in [0.15, 0.2) is 0 Å². The minimum atomic E-state index is -3.48. The number of hydrogen-bond acceptors (Lipinski definition) is 6. The molecule has 3 aromatic rings. The van der Waals surface area contributed by atoms with E-state index in [-0.39, 0.29) is 4.90 Å². The third-order valence-corrected chi connectivity index (χ3v) is 6.58. The van der Waals surface area contributed by atoms with E-state index in [2.05, 4.69) is 38.8 Å². The summed E-state index contributed by atoms with van der Waals surface area (Å²) < 4.78 is 29.4. The standard InChI is InChI=1S/C21H26N6O2S/c1-14(2)20-23-13-19(27(20)3)18-10-11-22-21(26-18)25-16-6-8-17(9-7-16)30(28,29)24-12-15-4-5-15/h6-11,13-15,24H,4-5,12H2,1-3H3,(H,22,25,26). The fourth-order valence-corrected chi connectivity index (χ4v) is 4.36. The quantitative estimate of drug-likeness (QED) is 0.572. The molecule has 0 unspecified atom stereocenters. The highest BCUT2D eigenvalue weighted by Crippen LogP contribution is 2.28. The van der Waals surface area contributed by atoms with Gasteiger partial charge in [-0.05, 0) is 49.1 Å². The van der Waals surface area contributed by atoms with Gasteiger partial charge >= 0.3 is 0 Å². The highest BCUT2D eigenvalue weighted by molar-refractivity contribution is 7.89. The van der Waals surface area contributed by atoms with E-state index in [0.717, 1.165) is 30.1 Å². The van der Waals surface area contributed by atoms with Crippen molar-refractivity contribution in [1.29, 1.82) is 0 Å². The van der Waals surface area contributed by atoms with Crippen LogP contribution in [0.1, 0.15) is 38.4 Å². The summed E-state index contributed by atoms with van der Waals surface area (Å²) in [6.07, 6.45) is 5.70. The second-order valence-corrected chi connectivity index (χ2v) is 9.69. The van der Waals surface area contributed by atoms with Crippen molar-refractivity contribution >= 4 is 21.7 Å². The molecule has 1 aromatic carbocycles. The van der Waals surface area contributed by atoms with E-state index in [1.54, 1.807) is 30.5 Å². The minimum absolute atomic E-state index is 0.250. The number of imidazole rings is 1. The van der Waals surface area contributed by atoms with Gasteiger partial charge in [-0.2, -0.15) is 0 Å². The van der Waals surface area contributed by atoms with Crippen LogP contribution in [-0.2, 0) is 17.1 Å². The van der Waals surface area contributed by atoms with Crippen LogP contribution in [0.4, 0.5) is 11.6 Å². The Morgan fingerprint density at radius 2 is 1.87 bits per heavy atom. The fraction of sp³-hybridized carbons (Fsp3) is 0.381. The highest BCUT2D eigenvalue weighted by atomic mass is 32.2. The Morgan fingerprint density at radius 1 is 1.13 bits per heavy atom. The number of aromatic nitrogens is 4. The molecule has 0 saturated heterocycles. The number of nitrogens with zero attached hydrogens (tertiary/aromatic N) is 4. The average molecular weight is 427 g/mol. The van der Waals surface area contributed by atoms with Crippen LogP contribution in [0.25, 0.3) is 11.4 Å². The van der Waals surface area contributed by atoms with Crippen molar-refractivity contribution < 1.29 is 8.42 Å². The number of sulfonamides is 1. The largest absolute Gasteiger partial charge is 0.330 e. The van der Waals surface area contributed by atoms with Gasteiger partial charge in [0.2, 0.25) is 16.0 Å². The summed E-state index contributed by atoms with van der Waals surface area (Å²) in [6.45, 7) is 4.71. The zero-order chi connectivity index (χ0) is 21.3. The monoisotopic (exact) mass is 426 g/mol. The molecule has 0 radical (unpaired) electrons. The van der Waals surface area contributed by atoms with Crippen LogP contribution in [0.2, 0.25) is 0 Å². The maximum atomic E-state index is 12.4. The molecule has 1 saturated carbocycles. The summed E-state index contributed by atoms with van der Waals surface area (Å²) in [4.78, 5) is 13.6. The van der Waals surface area contributed by atoms with Crippen LogP contribution < -0.4 is 10.0 Å². The molecule has 4 rings (SSSR count). The lowest BCUT2D eigenvalue weighted by atomic mass is 10.2. The van der Waals surface area contributed by atoms with Gasteiger partial charge in [0.05, 0.1) is 22.5 Å². The number of hydrogen-bond donors (Lipinski definition) is 2.